The summed E-state index contributed by atoms with van der Waals surface area (Å²) >= 11 is 7.49. The van der Waals surface area contributed by atoms with Crippen molar-refractivity contribution in [3.05, 3.63) is 40.5 Å². The van der Waals surface area contributed by atoms with Crippen molar-refractivity contribution < 1.29 is 0 Å². The van der Waals surface area contributed by atoms with E-state index in [4.69, 9.17) is 17.3 Å². The SMILES string of the molecule is Cl.NCCCc1nn2cc(-c3ccc(Cl)cc3)nc2s1. The highest BCUT2D eigenvalue weighted by atomic mass is 35.5. The van der Waals surface area contributed by atoms with Crippen LogP contribution in [0.5, 0.6) is 0 Å². The Labute approximate surface area is 132 Å². The van der Waals surface area contributed by atoms with Gasteiger partial charge in [-0.05, 0) is 25.1 Å². The van der Waals surface area contributed by atoms with E-state index in [2.05, 4.69) is 10.1 Å². The van der Waals surface area contributed by atoms with Crippen LogP contribution in [0.2, 0.25) is 5.02 Å². The van der Waals surface area contributed by atoms with Crippen LogP contribution in [0.1, 0.15) is 11.4 Å². The summed E-state index contributed by atoms with van der Waals surface area (Å²) in [6.07, 6.45) is 3.82. The van der Waals surface area contributed by atoms with Gasteiger partial charge >= 0.3 is 0 Å². The van der Waals surface area contributed by atoms with E-state index >= 15 is 0 Å². The summed E-state index contributed by atoms with van der Waals surface area (Å²) in [6, 6.07) is 7.66. The fourth-order valence-electron chi connectivity index (χ4n) is 1.86. The predicted octanol–water partition coefficient (Wildman–Crippen LogP) is 3.42. The Kier molecular flexibility index (Phi) is 4.99. The molecule has 20 heavy (non-hydrogen) atoms. The Hall–Kier alpha value is -1.14. The molecule has 2 heterocycles. The molecule has 0 aliphatic carbocycles. The fourth-order valence-corrected chi connectivity index (χ4v) is 2.90. The van der Waals surface area contributed by atoms with Gasteiger partial charge in [0.05, 0.1) is 11.9 Å². The van der Waals surface area contributed by atoms with Crippen LogP contribution in [-0.2, 0) is 6.42 Å². The van der Waals surface area contributed by atoms with Crippen LogP contribution in [-0.4, -0.2) is 21.1 Å². The Morgan fingerprint density at radius 1 is 1.25 bits per heavy atom. The van der Waals surface area contributed by atoms with E-state index in [1.165, 1.54) is 0 Å². The van der Waals surface area contributed by atoms with Crippen LogP contribution < -0.4 is 5.73 Å². The third-order valence-corrected chi connectivity index (χ3v) is 4.05. The molecule has 2 N–H and O–H groups in total. The minimum Gasteiger partial charge on any atom is -0.330 e. The highest BCUT2D eigenvalue weighted by Crippen LogP contribution is 2.23. The molecule has 0 saturated carbocycles. The summed E-state index contributed by atoms with van der Waals surface area (Å²) in [5.41, 5.74) is 7.47. The van der Waals surface area contributed by atoms with E-state index in [9.17, 15) is 0 Å². The zero-order valence-corrected chi connectivity index (χ0v) is 13.0. The highest BCUT2D eigenvalue weighted by molar-refractivity contribution is 7.16. The largest absolute Gasteiger partial charge is 0.330 e. The van der Waals surface area contributed by atoms with Crippen LogP contribution in [0.3, 0.4) is 0 Å². The number of nitrogens with zero attached hydrogens (tertiary/aromatic N) is 3. The lowest BCUT2D eigenvalue weighted by molar-refractivity contribution is 0.799. The molecular formula is C13H14Cl2N4S. The molecule has 1 aromatic carbocycles. The normalized spacial score (nSPS) is 10.7. The van der Waals surface area contributed by atoms with E-state index in [1.54, 1.807) is 11.3 Å². The van der Waals surface area contributed by atoms with Crippen molar-refractivity contribution >= 4 is 40.3 Å². The lowest BCUT2D eigenvalue weighted by atomic mass is 10.2. The van der Waals surface area contributed by atoms with Gasteiger partial charge in [-0.3, -0.25) is 0 Å². The standard InChI is InChI=1S/C13H13ClN4S.ClH/c14-10-5-3-9(4-6-10)11-8-18-13(16-11)19-12(17-18)2-1-7-15;/h3-6,8H,1-2,7,15H2;1H. The van der Waals surface area contributed by atoms with Gasteiger partial charge in [-0.1, -0.05) is 35.1 Å². The molecule has 0 atom stereocenters. The first-order chi connectivity index (χ1) is 9.26. The Morgan fingerprint density at radius 3 is 2.65 bits per heavy atom. The van der Waals surface area contributed by atoms with E-state index in [0.29, 0.717) is 6.54 Å². The molecule has 0 bridgehead atoms. The lowest BCUT2D eigenvalue weighted by Gasteiger charge is -1.95. The summed E-state index contributed by atoms with van der Waals surface area (Å²) in [5.74, 6) is 0. The second kappa shape index (κ2) is 6.54. The number of aromatic nitrogens is 3. The third-order valence-electron chi connectivity index (χ3n) is 2.82. The molecule has 0 spiro atoms. The molecule has 106 valence electrons. The molecule has 7 heteroatoms. The molecular weight excluding hydrogens is 315 g/mol. The van der Waals surface area contributed by atoms with Crippen LogP contribution in [0, 0.1) is 0 Å². The Balaban J connectivity index is 0.00000147. The molecule has 3 rings (SSSR count). The van der Waals surface area contributed by atoms with E-state index in [1.807, 2.05) is 35.0 Å². The zero-order valence-electron chi connectivity index (χ0n) is 10.6. The van der Waals surface area contributed by atoms with Crippen molar-refractivity contribution in [2.75, 3.05) is 6.54 Å². The third kappa shape index (κ3) is 3.12. The monoisotopic (exact) mass is 328 g/mol. The number of aryl methyl sites for hydroxylation is 1. The molecule has 4 nitrogen and oxygen atoms in total. The number of benzene rings is 1. The molecule has 0 fully saturated rings. The maximum Gasteiger partial charge on any atom is 0.212 e. The van der Waals surface area contributed by atoms with Crippen molar-refractivity contribution in [1.82, 2.24) is 14.6 Å². The summed E-state index contributed by atoms with van der Waals surface area (Å²) in [6.45, 7) is 0.692. The molecule has 0 amide bonds. The van der Waals surface area contributed by atoms with Crippen LogP contribution in [0.15, 0.2) is 30.5 Å². The van der Waals surface area contributed by atoms with Gasteiger partial charge in [-0.2, -0.15) is 5.10 Å². The topological polar surface area (TPSA) is 56.2 Å². The van der Waals surface area contributed by atoms with Crippen LogP contribution in [0.4, 0.5) is 0 Å². The van der Waals surface area contributed by atoms with E-state index in [-0.39, 0.29) is 12.4 Å². The van der Waals surface area contributed by atoms with Crippen molar-refractivity contribution in [2.24, 2.45) is 5.73 Å². The number of hydrogen-bond acceptors (Lipinski definition) is 4. The average molecular weight is 329 g/mol. The molecule has 0 unspecified atom stereocenters. The van der Waals surface area contributed by atoms with E-state index in [0.717, 1.165) is 39.1 Å². The first kappa shape index (κ1) is 15.3. The smallest absolute Gasteiger partial charge is 0.212 e. The molecule has 0 saturated heterocycles. The van der Waals surface area contributed by atoms with Crippen LogP contribution in [0.25, 0.3) is 16.2 Å². The maximum absolute atomic E-state index is 5.88. The lowest BCUT2D eigenvalue weighted by Crippen LogP contribution is -2.00. The number of fused-ring (bicyclic) bond motifs is 1. The van der Waals surface area contributed by atoms with Crippen molar-refractivity contribution in [1.29, 1.82) is 0 Å². The molecule has 3 aromatic rings. The van der Waals surface area contributed by atoms with Crippen molar-refractivity contribution in [3.63, 3.8) is 0 Å². The second-order valence-corrected chi connectivity index (χ2v) is 5.73. The maximum atomic E-state index is 5.88. The summed E-state index contributed by atoms with van der Waals surface area (Å²) in [7, 11) is 0. The minimum absolute atomic E-state index is 0. The van der Waals surface area contributed by atoms with E-state index < -0.39 is 0 Å². The van der Waals surface area contributed by atoms with Gasteiger partial charge in [0.1, 0.15) is 5.01 Å². The molecule has 2 aromatic heterocycles. The number of hydrogen-bond donors (Lipinski definition) is 1. The highest BCUT2D eigenvalue weighted by Gasteiger charge is 2.09. The number of nitrogens with two attached hydrogens (primary N) is 1. The number of halogens is 2. The summed E-state index contributed by atoms with van der Waals surface area (Å²) in [5, 5.41) is 6.31. The first-order valence-electron chi connectivity index (χ1n) is 6.07. The number of imidazole rings is 1. The Bertz CT molecular complexity index is 659. The molecule has 0 aliphatic heterocycles. The van der Waals surface area contributed by atoms with Crippen LogP contribution >= 0.6 is 35.3 Å². The predicted molar refractivity (Wildman–Crippen MR) is 85.9 cm³/mol. The van der Waals surface area contributed by atoms with Gasteiger partial charge in [0.25, 0.3) is 0 Å². The van der Waals surface area contributed by atoms with Crippen molar-refractivity contribution in [2.45, 2.75) is 12.8 Å². The van der Waals surface area contributed by atoms with Gasteiger partial charge in [0.15, 0.2) is 0 Å². The first-order valence-corrected chi connectivity index (χ1v) is 7.27. The Morgan fingerprint density at radius 2 is 2.00 bits per heavy atom. The summed E-state index contributed by atoms with van der Waals surface area (Å²) < 4.78 is 1.83. The van der Waals surface area contributed by atoms with Gasteiger partial charge in [-0.15, -0.1) is 12.4 Å². The second-order valence-electron chi connectivity index (χ2n) is 4.25. The van der Waals surface area contributed by atoms with Gasteiger partial charge in [0.2, 0.25) is 4.96 Å². The molecule has 0 radical (unpaired) electrons. The van der Waals surface area contributed by atoms with Gasteiger partial charge in [-0.25, -0.2) is 9.50 Å². The fraction of sp³-hybridized carbons (Fsp3) is 0.231. The number of rotatable bonds is 4. The molecule has 0 aliphatic rings. The zero-order chi connectivity index (χ0) is 13.2. The van der Waals surface area contributed by atoms with Gasteiger partial charge in [0, 0.05) is 17.0 Å². The summed E-state index contributed by atoms with van der Waals surface area (Å²) in [4.78, 5) is 5.50. The average Bonchev–Trinajstić information content (AvgIpc) is 2.95. The minimum atomic E-state index is 0. The quantitative estimate of drug-likeness (QED) is 0.798. The van der Waals surface area contributed by atoms with Gasteiger partial charge < -0.3 is 5.73 Å². The van der Waals surface area contributed by atoms with Crippen molar-refractivity contribution in [3.8, 4) is 11.3 Å².